The number of nitrogens with one attached hydrogen (secondary N) is 2. The predicted molar refractivity (Wildman–Crippen MR) is 47.9 cm³/mol. The summed E-state index contributed by atoms with van der Waals surface area (Å²) in [6.45, 7) is 3.68. The van der Waals surface area contributed by atoms with E-state index in [9.17, 15) is 0 Å². The van der Waals surface area contributed by atoms with Crippen LogP contribution in [0.4, 0.5) is 0 Å². The molecule has 62 valence electrons. The highest BCUT2D eigenvalue weighted by atomic mass is 35.5. The maximum absolute atomic E-state index is 4.23. The van der Waals surface area contributed by atoms with Crippen LogP contribution < -0.4 is 10.6 Å². The van der Waals surface area contributed by atoms with Crippen molar-refractivity contribution < 1.29 is 0 Å². The first-order valence-electron chi connectivity index (χ1n) is 3.54. The van der Waals surface area contributed by atoms with Crippen LogP contribution >= 0.6 is 12.4 Å². The van der Waals surface area contributed by atoms with Crippen molar-refractivity contribution in [3.05, 3.63) is 0 Å². The molecule has 2 N–H and O–H groups in total. The van der Waals surface area contributed by atoms with Crippen LogP contribution in [0.1, 0.15) is 0 Å². The maximum atomic E-state index is 4.23. The number of nitrogens with zero attached hydrogens (tertiary/aromatic N) is 2. The van der Waals surface area contributed by atoms with Crippen LogP contribution in [0.25, 0.3) is 0 Å². The molecule has 0 atom stereocenters. The van der Waals surface area contributed by atoms with Gasteiger partial charge in [0.25, 0.3) is 0 Å². The van der Waals surface area contributed by atoms with Crippen molar-refractivity contribution in [3.8, 4) is 0 Å². The fourth-order valence-corrected chi connectivity index (χ4v) is 1.11. The number of halogens is 1. The fourth-order valence-electron chi connectivity index (χ4n) is 1.11. The van der Waals surface area contributed by atoms with Gasteiger partial charge >= 0.3 is 0 Å². The Labute approximate surface area is 71.6 Å². The Hall–Kier alpha value is -0.770. The molecule has 0 aromatic carbocycles. The highest BCUT2D eigenvalue weighted by Crippen LogP contribution is 1.91. The van der Waals surface area contributed by atoms with E-state index < -0.39 is 0 Å². The predicted octanol–water partition coefficient (Wildman–Crippen LogP) is -0.588. The zero-order chi connectivity index (χ0) is 6.81. The van der Waals surface area contributed by atoms with Crippen LogP contribution in [0.5, 0.6) is 0 Å². The Morgan fingerprint density at radius 3 is 1.64 bits per heavy atom. The Kier molecular flexibility index (Phi) is 2.70. The van der Waals surface area contributed by atoms with E-state index in [0.717, 1.165) is 37.9 Å². The third kappa shape index (κ3) is 1.63. The second kappa shape index (κ2) is 3.57. The fraction of sp³-hybridized carbons (Fsp3) is 0.667. The molecule has 4 nitrogen and oxygen atoms in total. The first-order chi connectivity index (χ1) is 4.97. The lowest BCUT2D eigenvalue weighted by atomic mass is 10.5. The standard InChI is InChI=1S/C6H10N4.ClH/c1-2-8-5(7-1)6-9-3-4-10-6;/h1-4H2,(H,7,8)(H,9,10);1H. The number of aliphatic imine (C=N–C) groups is 2. The Bertz CT molecular complexity index is 177. The largest absolute Gasteiger partial charge is 0.365 e. The minimum Gasteiger partial charge on any atom is -0.365 e. The van der Waals surface area contributed by atoms with Gasteiger partial charge in [-0.25, -0.2) is 0 Å². The van der Waals surface area contributed by atoms with Gasteiger partial charge in [-0.2, -0.15) is 0 Å². The van der Waals surface area contributed by atoms with Gasteiger partial charge in [-0.1, -0.05) is 0 Å². The molecule has 11 heavy (non-hydrogen) atoms. The van der Waals surface area contributed by atoms with Crippen molar-refractivity contribution in [1.82, 2.24) is 10.6 Å². The van der Waals surface area contributed by atoms with Crippen molar-refractivity contribution in [2.45, 2.75) is 0 Å². The minimum absolute atomic E-state index is 0. The van der Waals surface area contributed by atoms with Crippen LogP contribution in [-0.4, -0.2) is 37.9 Å². The van der Waals surface area contributed by atoms with Crippen molar-refractivity contribution in [3.63, 3.8) is 0 Å². The van der Waals surface area contributed by atoms with Gasteiger partial charge in [-0.05, 0) is 0 Å². The number of rotatable bonds is 1. The van der Waals surface area contributed by atoms with Crippen molar-refractivity contribution in [2.75, 3.05) is 26.2 Å². The van der Waals surface area contributed by atoms with Gasteiger partial charge < -0.3 is 10.6 Å². The molecule has 5 heteroatoms. The molecule has 2 aliphatic rings. The average molecular weight is 175 g/mol. The summed E-state index contributed by atoms with van der Waals surface area (Å²) in [5.41, 5.74) is 0. The quantitative estimate of drug-likeness (QED) is 0.559. The molecule has 0 radical (unpaired) electrons. The second-order valence-corrected chi connectivity index (χ2v) is 2.31. The van der Waals surface area contributed by atoms with Crippen LogP contribution in [0.15, 0.2) is 9.98 Å². The topological polar surface area (TPSA) is 48.8 Å². The minimum atomic E-state index is 0. The molecule has 0 bridgehead atoms. The molecule has 2 rings (SSSR count). The third-order valence-electron chi connectivity index (χ3n) is 1.57. The maximum Gasteiger partial charge on any atom is 0.164 e. The van der Waals surface area contributed by atoms with Gasteiger partial charge in [0.05, 0.1) is 13.1 Å². The van der Waals surface area contributed by atoms with Crippen LogP contribution in [0, 0.1) is 0 Å². The zero-order valence-corrected chi connectivity index (χ0v) is 6.95. The molecule has 0 aromatic heterocycles. The Morgan fingerprint density at radius 1 is 0.909 bits per heavy atom. The molecular weight excluding hydrogens is 164 g/mol. The number of amidine groups is 2. The summed E-state index contributed by atoms with van der Waals surface area (Å²) >= 11 is 0. The molecule has 0 fully saturated rings. The summed E-state index contributed by atoms with van der Waals surface area (Å²) in [7, 11) is 0. The van der Waals surface area contributed by atoms with Crippen molar-refractivity contribution in [2.24, 2.45) is 9.98 Å². The molecule has 0 aromatic rings. The van der Waals surface area contributed by atoms with E-state index in [1.165, 1.54) is 0 Å². The van der Waals surface area contributed by atoms with Crippen LogP contribution in [0.2, 0.25) is 0 Å². The lowest BCUT2D eigenvalue weighted by molar-refractivity contribution is 0.953. The Balaban J connectivity index is 0.000000605. The number of hydrogen-bond acceptors (Lipinski definition) is 4. The molecule has 0 spiro atoms. The van der Waals surface area contributed by atoms with E-state index in [1.54, 1.807) is 0 Å². The highest BCUT2D eigenvalue weighted by molar-refractivity contribution is 6.41. The van der Waals surface area contributed by atoms with E-state index >= 15 is 0 Å². The molecule has 2 aliphatic heterocycles. The molecule has 0 aliphatic carbocycles. The summed E-state index contributed by atoms with van der Waals surface area (Å²) in [6, 6.07) is 0. The average Bonchev–Trinajstić information content (AvgIpc) is 2.59. The van der Waals surface area contributed by atoms with Crippen LogP contribution in [-0.2, 0) is 0 Å². The first kappa shape index (κ1) is 8.33. The normalized spacial score (nSPS) is 21.1. The lowest BCUT2D eigenvalue weighted by Gasteiger charge is -2.00. The summed E-state index contributed by atoms with van der Waals surface area (Å²) < 4.78 is 0. The smallest absolute Gasteiger partial charge is 0.164 e. The van der Waals surface area contributed by atoms with Crippen LogP contribution in [0.3, 0.4) is 0 Å². The van der Waals surface area contributed by atoms with Gasteiger partial charge in [0.2, 0.25) is 0 Å². The van der Waals surface area contributed by atoms with Gasteiger partial charge in [-0.15, -0.1) is 12.4 Å². The van der Waals surface area contributed by atoms with E-state index in [-0.39, 0.29) is 12.4 Å². The highest BCUT2D eigenvalue weighted by Gasteiger charge is 2.14. The van der Waals surface area contributed by atoms with E-state index in [0.29, 0.717) is 0 Å². The SMILES string of the molecule is C1CNC(C2=NCCN2)=N1.Cl. The summed E-state index contributed by atoms with van der Waals surface area (Å²) in [6.07, 6.45) is 0. The van der Waals surface area contributed by atoms with Gasteiger partial charge in [0, 0.05) is 13.1 Å². The molecule has 0 saturated heterocycles. The van der Waals surface area contributed by atoms with Crippen molar-refractivity contribution >= 4 is 24.1 Å². The van der Waals surface area contributed by atoms with Gasteiger partial charge in [0.15, 0.2) is 11.7 Å². The molecule has 2 heterocycles. The molecular formula is C6H11ClN4. The molecule has 0 unspecified atom stereocenters. The van der Waals surface area contributed by atoms with E-state index in [4.69, 9.17) is 0 Å². The molecule has 0 amide bonds. The number of hydrogen-bond donors (Lipinski definition) is 2. The summed E-state index contributed by atoms with van der Waals surface area (Å²) in [5, 5.41) is 6.31. The van der Waals surface area contributed by atoms with Crippen molar-refractivity contribution in [1.29, 1.82) is 0 Å². The lowest BCUT2D eigenvalue weighted by Crippen LogP contribution is -2.34. The summed E-state index contributed by atoms with van der Waals surface area (Å²) in [4.78, 5) is 8.46. The van der Waals surface area contributed by atoms with E-state index in [1.807, 2.05) is 0 Å². The molecule has 0 saturated carbocycles. The van der Waals surface area contributed by atoms with E-state index in [2.05, 4.69) is 20.6 Å². The summed E-state index contributed by atoms with van der Waals surface area (Å²) in [5.74, 6) is 1.88. The van der Waals surface area contributed by atoms with Gasteiger partial charge in [-0.3, -0.25) is 9.98 Å². The first-order valence-corrected chi connectivity index (χ1v) is 3.54. The Morgan fingerprint density at radius 2 is 1.36 bits per heavy atom. The monoisotopic (exact) mass is 174 g/mol. The van der Waals surface area contributed by atoms with Gasteiger partial charge in [0.1, 0.15) is 0 Å². The second-order valence-electron chi connectivity index (χ2n) is 2.31. The zero-order valence-electron chi connectivity index (χ0n) is 6.13. The third-order valence-corrected chi connectivity index (χ3v) is 1.57.